The lowest BCUT2D eigenvalue weighted by Crippen LogP contribution is -2.69. The fourth-order valence-electron chi connectivity index (χ4n) is 1.47. The normalized spacial score (nSPS) is 39.4. The summed E-state index contributed by atoms with van der Waals surface area (Å²) in [5.41, 5.74) is 0. The molecule has 0 aromatic carbocycles. The maximum absolute atomic E-state index is 10.7. The molecule has 1 amide bonds. The van der Waals surface area contributed by atoms with Crippen LogP contribution in [0.25, 0.3) is 0 Å². The molecule has 2 unspecified atom stereocenters. The minimum atomic E-state index is -0.227. The molecule has 3 heteroatoms. The summed E-state index contributed by atoms with van der Waals surface area (Å²) in [4.78, 5) is 23.0. The van der Waals surface area contributed by atoms with Gasteiger partial charge in [-0.25, -0.2) is 0 Å². The Labute approximate surface area is 52.6 Å². The summed E-state index contributed by atoms with van der Waals surface area (Å²) in [6, 6.07) is 0.269. The first-order chi connectivity index (χ1) is 4.22. The molecule has 48 valence electrons. The highest BCUT2D eigenvalue weighted by Crippen LogP contribution is 2.38. The van der Waals surface area contributed by atoms with Gasteiger partial charge in [0, 0.05) is 13.5 Å². The standard InChI is InChI=1S/C6H7NO2/c1-7-3-2-4(8)5(3)6(7)9/h3,5H,2H2,1H3. The third kappa shape index (κ3) is 0.352. The van der Waals surface area contributed by atoms with E-state index in [0.29, 0.717) is 6.42 Å². The van der Waals surface area contributed by atoms with Crippen LogP contribution in [-0.4, -0.2) is 29.7 Å². The van der Waals surface area contributed by atoms with Crippen LogP contribution in [-0.2, 0) is 9.59 Å². The highest BCUT2D eigenvalue weighted by atomic mass is 16.2. The molecule has 2 aliphatic rings. The maximum atomic E-state index is 10.7. The van der Waals surface area contributed by atoms with E-state index in [9.17, 15) is 9.59 Å². The third-order valence-electron chi connectivity index (χ3n) is 2.25. The second kappa shape index (κ2) is 1.17. The van der Waals surface area contributed by atoms with Gasteiger partial charge in [-0.3, -0.25) is 9.59 Å². The fraction of sp³-hybridized carbons (Fsp3) is 0.667. The molecule has 1 saturated heterocycles. The third-order valence-corrected chi connectivity index (χ3v) is 2.25. The Hall–Kier alpha value is -0.860. The quantitative estimate of drug-likeness (QED) is 0.321. The lowest BCUT2D eigenvalue weighted by atomic mass is 9.70. The number of nitrogens with zero attached hydrogens (tertiary/aromatic N) is 1. The van der Waals surface area contributed by atoms with Crippen LogP contribution >= 0.6 is 0 Å². The Bertz CT molecular complexity index is 199. The van der Waals surface area contributed by atoms with Crippen LogP contribution in [0.2, 0.25) is 0 Å². The van der Waals surface area contributed by atoms with Crippen LogP contribution in [0, 0.1) is 5.92 Å². The average Bonchev–Trinajstić information content (AvgIpc) is 1.81. The second-order valence-corrected chi connectivity index (χ2v) is 2.66. The zero-order chi connectivity index (χ0) is 6.59. The predicted molar refractivity (Wildman–Crippen MR) is 29.7 cm³/mol. The van der Waals surface area contributed by atoms with Gasteiger partial charge >= 0.3 is 0 Å². The lowest BCUT2D eigenvalue weighted by molar-refractivity contribution is -0.170. The molecule has 0 radical (unpaired) electrons. The van der Waals surface area contributed by atoms with Gasteiger partial charge in [0.2, 0.25) is 5.91 Å². The number of piperidine rings is 1. The second-order valence-electron chi connectivity index (χ2n) is 2.66. The van der Waals surface area contributed by atoms with Gasteiger partial charge in [-0.15, -0.1) is 0 Å². The smallest absolute Gasteiger partial charge is 0.235 e. The van der Waals surface area contributed by atoms with E-state index in [1.54, 1.807) is 11.9 Å². The minimum Gasteiger partial charge on any atom is -0.340 e. The minimum absolute atomic E-state index is 0.0104. The van der Waals surface area contributed by atoms with Crippen molar-refractivity contribution in [3.8, 4) is 0 Å². The van der Waals surface area contributed by atoms with Crippen molar-refractivity contribution in [2.45, 2.75) is 12.5 Å². The lowest BCUT2D eigenvalue weighted by Gasteiger charge is -2.50. The van der Waals surface area contributed by atoms with Crippen molar-refractivity contribution >= 4 is 11.7 Å². The molecular formula is C6H7NO2. The van der Waals surface area contributed by atoms with Gasteiger partial charge in [-0.1, -0.05) is 0 Å². The first kappa shape index (κ1) is 4.97. The van der Waals surface area contributed by atoms with Crippen molar-refractivity contribution < 1.29 is 9.59 Å². The van der Waals surface area contributed by atoms with Gasteiger partial charge in [-0.05, 0) is 0 Å². The molecule has 2 atom stereocenters. The summed E-state index contributed by atoms with van der Waals surface area (Å²) in [5, 5.41) is 0. The number of likely N-dealkylation sites (tertiary alicyclic amines) is 1. The molecule has 3 nitrogen and oxygen atoms in total. The first-order valence-corrected chi connectivity index (χ1v) is 3.01. The number of Topliss-reactive ketones (excluding diaryl/α,β-unsaturated/α-hetero) is 1. The Kier molecular flexibility index (Phi) is 0.648. The number of β-lactam (4-membered cyclic amide) rings is 1. The molecule has 0 aromatic rings. The summed E-state index contributed by atoms with van der Waals surface area (Å²) in [6.07, 6.45) is 0.590. The largest absolute Gasteiger partial charge is 0.340 e. The Balaban J connectivity index is 2.19. The summed E-state index contributed by atoms with van der Waals surface area (Å²) in [6.45, 7) is 0. The number of rotatable bonds is 0. The fourth-order valence-corrected chi connectivity index (χ4v) is 1.47. The van der Waals surface area contributed by atoms with E-state index in [0.717, 1.165) is 0 Å². The zero-order valence-corrected chi connectivity index (χ0v) is 5.13. The van der Waals surface area contributed by atoms with Crippen LogP contribution in [0.1, 0.15) is 6.42 Å². The van der Waals surface area contributed by atoms with E-state index in [2.05, 4.69) is 0 Å². The van der Waals surface area contributed by atoms with Crippen LogP contribution in [0.15, 0.2) is 0 Å². The van der Waals surface area contributed by atoms with Gasteiger partial charge in [0.15, 0.2) is 0 Å². The maximum Gasteiger partial charge on any atom is 0.235 e. The first-order valence-electron chi connectivity index (χ1n) is 3.01. The number of hydrogen-bond donors (Lipinski definition) is 0. The monoisotopic (exact) mass is 125 g/mol. The van der Waals surface area contributed by atoms with Crippen LogP contribution < -0.4 is 0 Å². The molecule has 1 heterocycles. The van der Waals surface area contributed by atoms with Crippen molar-refractivity contribution in [3.63, 3.8) is 0 Å². The molecular weight excluding hydrogens is 118 g/mol. The van der Waals surface area contributed by atoms with Gasteiger partial charge in [0.1, 0.15) is 11.7 Å². The van der Waals surface area contributed by atoms with E-state index < -0.39 is 0 Å². The molecule has 1 saturated carbocycles. The average molecular weight is 125 g/mol. The van der Waals surface area contributed by atoms with E-state index in [1.807, 2.05) is 0 Å². The van der Waals surface area contributed by atoms with E-state index >= 15 is 0 Å². The molecule has 1 aliphatic carbocycles. The number of fused-ring (bicyclic) bond motifs is 1. The van der Waals surface area contributed by atoms with Gasteiger partial charge in [-0.2, -0.15) is 0 Å². The number of hydrogen-bond acceptors (Lipinski definition) is 2. The van der Waals surface area contributed by atoms with E-state index in [1.165, 1.54) is 0 Å². The van der Waals surface area contributed by atoms with Gasteiger partial charge in [0.05, 0.1) is 6.04 Å². The summed E-state index contributed by atoms with van der Waals surface area (Å²) in [5.74, 6) is -0.0886. The topological polar surface area (TPSA) is 37.4 Å². The molecule has 2 rings (SSSR count). The number of carbonyl (C=O) groups is 2. The van der Waals surface area contributed by atoms with Gasteiger partial charge in [0.25, 0.3) is 0 Å². The highest BCUT2D eigenvalue weighted by Gasteiger charge is 2.57. The number of amides is 1. The van der Waals surface area contributed by atoms with E-state index in [4.69, 9.17) is 0 Å². The Morgan fingerprint density at radius 3 is 2.56 bits per heavy atom. The molecule has 0 spiro atoms. The van der Waals surface area contributed by atoms with E-state index in [-0.39, 0.29) is 23.7 Å². The molecule has 9 heavy (non-hydrogen) atoms. The molecule has 2 fully saturated rings. The Morgan fingerprint density at radius 2 is 2.22 bits per heavy atom. The Morgan fingerprint density at radius 1 is 1.56 bits per heavy atom. The zero-order valence-electron chi connectivity index (χ0n) is 5.13. The van der Waals surface area contributed by atoms with Crippen molar-refractivity contribution in [2.75, 3.05) is 7.05 Å². The van der Waals surface area contributed by atoms with Crippen molar-refractivity contribution in [1.29, 1.82) is 0 Å². The van der Waals surface area contributed by atoms with Crippen molar-refractivity contribution in [3.05, 3.63) is 0 Å². The number of ketones is 1. The van der Waals surface area contributed by atoms with Crippen LogP contribution in [0.3, 0.4) is 0 Å². The molecule has 0 aromatic heterocycles. The highest BCUT2D eigenvalue weighted by molar-refractivity contribution is 6.12. The van der Waals surface area contributed by atoms with Crippen LogP contribution in [0.4, 0.5) is 0 Å². The molecule has 0 N–H and O–H groups in total. The molecule has 1 aliphatic heterocycles. The van der Waals surface area contributed by atoms with Crippen LogP contribution in [0.5, 0.6) is 0 Å². The van der Waals surface area contributed by atoms with Crippen molar-refractivity contribution in [2.24, 2.45) is 5.92 Å². The predicted octanol–water partition coefficient (Wildman–Crippen LogP) is -0.584. The SMILES string of the molecule is CN1C(=O)C2C(=O)CC21. The summed E-state index contributed by atoms with van der Waals surface area (Å²) in [7, 11) is 1.75. The summed E-state index contributed by atoms with van der Waals surface area (Å²) < 4.78 is 0. The van der Waals surface area contributed by atoms with Gasteiger partial charge < -0.3 is 4.90 Å². The molecule has 0 bridgehead atoms. The number of carbonyl (C=O) groups excluding carboxylic acids is 2. The summed E-state index contributed by atoms with van der Waals surface area (Å²) >= 11 is 0. The van der Waals surface area contributed by atoms with Crippen molar-refractivity contribution in [1.82, 2.24) is 4.90 Å².